The van der Waals surface area contributed by atoms with Gasteiger partial charge in [-0.1, -0.05) is 6.07 Å². The second-order valence-electron chi connectivity index (χ2n) is 6.81. The van der Waals surface area contributed by atoms with Gasteiger partial charge in [-0.2, -0.15) is 0 Å². The molecule has 1 aromatic heterocycles. The van der Waals surface area contributed by atoms with Gasteiger partial charge in [-0.05, 0) is 38.1 Å². The van der Waals surface area contributed by atoms with Crippen molar-refractivity contribution in [3.8, 4) is 0 Å². The largest absolute Gasteiger partial charge is 0.370 e. The first-order valence-electron chi connectivity index (χ1n) is 9.45. The molecule has 0 bridgehead atoms. The molecule has 9 heteroatoms. The van der Waals surface area contributed by atoms with Gasteiger partial charge in [0.05, 0.1) is 22.4 Å². The molecule has 0 radical (unpaired) electrons. The van der Waals surface area contributed by atoms with Gasteiger partial charge < -0.3 is 19.4 Å². The lowest BCUT2D eigenvalue weighted by Crippen LogP contribution is -2.39. The van der Waals surface area contributed by atoms with E-state index in [0.29, 0.717) is 29.8 Å². The van der Waals surface area contributed by atoms with E-state index in [1.807, 2.05) is 18.7 Å². The summed E-state index contributed by atoms with van der Waals surface area (Å²) in [5.74, 6) is -2.91. The molecule has 30 heavy (non-hydrogen) atoms. The van der Waals surface area contributed by atoms with Gasteiger partial charge in [-0.15, -0.1) is 0 Å². The Bertz CT molecular complexity index is 1240. The van der Waals surface area contributed by atoms with Crippen molar-refractivity contribution in [1.82, 2.24) is 9.13 Å². The summed E-state index contributed by atoms with van der Waals surface area (Å²) in [6.07, 6.45) is 0. The Balaban J connectivity index is 2.26. The van der Waals surface area contributed by atoms with Gasteiger partial charge >= 0.3 is 11.1 Å². The number of rotatable bonds is 5. The average molecular weight is 416 g/mol. The molecule has 0 saturated carbocycles. The van der Waals surface area contributed by atoms with Crippen molar-refractivity contribution in [2.24, 2.45) is 14.1 Å². The SMILES string of the molecule is CCN(CC)c1cc2c(cc1NC(=O)c1c(F)cccc1F)n(C)c(=O)c(=O)n2C. The molecular formula is C21H22F2N4O3. The minimum Gasteiger partial charge on any atom is -0.370 e. The Labute approximate surface area is 171 Å². The molecule has 0 aliphatic heterocycles. The highest BCUT2D eigenvalue weighted by atomic mass is 19.1. The van der Waals surface area contributed by atoms with Crippen molar-refractivity contribution in [3.05, 3.63) is 68.2 Å². The number of carbonyl (C=O) groups excluding carboxylic acids is 1. The number of halogens is 2. The molecule has 0 spiro atoms. The molecule has 2 aromatic carbocycles. The van der Waals surface area contributed by atoms with E-state index >= 15 is 0 Å². The summed E-state index contributed by atoms with van der Waals surface area (Å²) in [5, 5.41) is 2.57. The topological polar surface area (TPSA) is 76.3 Å². The van der Waals surface area contributed by atoms with Crippen LogP contribution in [-0.4, -0.2) is 28.1 Å². The van der Waals surface area contributed by atoms with Crippen molar-refractivity contribution in [1.29, 1.82) is 0 Å². The smallest absolute Gasteiger partial charge is 0.316 e. The van der Waals surface area contributed by atoms with E-state index in [2.05, 4.69) is 5.32 Å². The van der Waals surface area contributed by atoms with Crippen LogP contribution in [0.15, 0.2) is 39.9 Å². The van der Waals surface area contributed by atoms with E-state index in [-0.39, 0.29) is 5.69 Å². The van der Waals surface area contributed by atoms with Crippen molar-refractivity contribution in [3.63, 3.8) is 0 Å². The summed E-state index contributed by atoms with van der Waals surface area (Å²) in [7, 11) is 2.94. The first-order chi connectivity index (χ1) is 14.2. The minimum absolute atomic E-state index is 0.271. The zero-order chi connectivity index (χ0) is 22.2. The van der Waals surface area contributed by atoms with Crippen LogP contribution in [0, 0.1) is 11.6 Å². The number of carbonyl (C=O) groups is 1. The third-order valence-corrected chi connectivity index (χ3v) is 5.15. The summed E-state index contributed by atoms with van der Waals surface area (Å²) < 4.78 is 30.6. The van der Waals surface area contributed by atoms with E-state index in [4.69, 9.17) is 0 Å². The number of benzene rings is 2. The Morgan fingerprint density at radius 2 is 1.47 bits per heavy atom. The minimum atomic E-state index is -0.979. The van der Waals surface area contributed by atoms with E-state index < -0.39 is 34.2 Å². The standard InChI is InChI=1S/C21H22F2N4O3/c1-5-27(6-2)15-11-17-16(25(3)20(29)21(30)26(17)4)10-14(15)24-19(28)18-12(22)8-7-9-13(18)23/h7-11H,5-6H2,1-4H3,(H,24,28). The molecule has 1 heterocycles. The lowest BCUT2D eigenvalue weighted by molar-refractivity contribution is 0.101. The Morgan fingerprint density at radius 1 is 0.967 bits per heavy atom. The molecule has 0 atom stereocenters. The summed E-state index contributed by atoms with van der Waals surface area (Å²) in [6, 6.07) is 6.39. The number of aryl methyl sites for hydroxylation is 2. The number of nitrogens with one attached hydrogen (secondary N) is 1. The molecule has 1 N–H and O–H groups in total. The van der Waals surface area contributed by atoms with Crippen LogP contribution in [0.1, 0.15) is 24.2 Å². The van der Waals surface area contributed by atoms with Gasteiger partial charge in [-0.25, -0.2) is 8.78 Å². The summed E-state index contributed by atoms with van der Waals surface area (Å²) in [5.41, 5.74) is -0.392. The van der Waals surface area contributed by atoms with Crippen LogP contribution in [0.25, 0.3) is 11.0 Å². The fraction of sp³-hybridized carbons (Fsp3) is 0.286. The fourth-order valence-electron chi connectivity index (χ4n) is 3.43. The van der Waals surface area contributed by atoms with Crippen LogP contribution in [0.3, 0.4) is 0 Å². The molecule has 0 saturated heterocycles. The molecule has 0 unspecified atom stereocenters. The van der Waals surface area contributed by atoms with Crippen LogP contribution < -0.4 is 21.3 Å². The molecule has 3 aromatic rings. The normalized spacial score (nSPS) is 11.0. The number of nitrogens with zero attached hydrogens (tertiary/aromatic N) is 3. The number of hydrogen-bond acceptors (Lipinski definition) is 4. The second-order valence-corrected chi connectivity index (χ2v) is 6.81. The predicted molar refractivity (Wildman–Crippen MR) is 112 cm³/mol. The Hall–Kier alpha value is -3.49. The molecule has 158 valence electrons. The monoisotopic (exact) mass is 416 g/mol. The maximum absolute atomic E-state index is 14.1. The second kappa shape index (κ2) is 8.10. The van der Waals surface area contributed by atoms with E-state index in [1.54, 1.807) is 6.07 Å². The molecule has 3 rings (SSSR count). The highest BCUT2D eigenvalue weighted by Gasteiger charge is 2.21. The Kier molecular flexibility index (Phi) is 5.73. The van der Waals surface area contributed by atoms with Crippen molar-refractivity contribution in [2.75, 3.05) is 23.3 Å². The lowest BCUT2D eigenvalue weighted by atomic mass is 10.1. The third kappa shape index (κ3) is 3.47. The van der Waals surface area contributed by atoms with Gasteiger partial charge in [0.2, 0.25) is 0 Å². The van der Waals surface area contributed by atoms with Crippen LogP contribution >= 0.6 is 0 Å². The molecule has 0 aliphatic carbocycles. The first kappa shape index (κ1) is 21.2. The van der Waals surface area contributed by atoms with Crippen LogP contribution in [0.4, 0.5) is 20.2 Å². The number of fused-ring (bicyclic) bond motifs is 1. The molecular weight excluding hydrogens is 394 g/mol. The third-order valence-electron chi connectivity index (χ3n) is 5.15. The van der Waals surface area contributed by atoms with Crippen LogP contribution in [-0.2, 0) is 14.1 Å². The summed E-state index contributed by atoms with van der Waals surface area (Å²) >= 11 is 0. The van der Waals surface area contributed by atoms with Crippen LogP contribution in [0.5, 0.6) is 0 Å². The molecule has 7 nitrogen and oxygen atoms in total. The van der Waals surface area contributed by atoms with E-state index in [1.165, 1.54) is 35.4 Å². The average Bonchev–Trinajstić information content (AvgIpc) is 2.72. The van der Waals surface area contributed by atoms with Gasteiger partial charge in [0, 0.05) is 27.2 Å². The molecule has 1 amide bonds. The molecule has 0 aliphatic rings. The number of anilines is 2. The maximum Gasteiger partial charge on any atom is 0.316 e. The fourth-order valence-corrected chi connectivity index (χ4v) is 3.43. The highest BCUT2D eigenvalue weighted by Crippen LogP contribution is 2.31. The number of hydrogen-bond donors (Lipinski definition) is 1. The zero-order valence-corrected chi connectivity index (χ0v) is 17.1. The summed E-state index contributed by atoms with van der Waals surface area (Å²) in [6.45, 7) is 4.99. The van der Waals surface area contributed by atoms with Gasteiger partial charge in [0.15, 0.2) is 0 Å². The van der Waals surface area contributed by atoms with Gasteiger partial charge in [0.1, 0.15) is 17.2 Å². The maximum atomic E-state index is 14.1. The van der Waals surface area contributed by atoms with Crippen molar-refractivity contribution < 1.29 is 13.6 Å². The quantitative estimate of drug-likeness (QED) is 0.649. The first-order valence-corrected chi connectivity index (χ1v) is 9.45. The van der Waals surface area contributed by atoms with Gasteiger partial charge in [-0.3, -0.25) is 14.4 Å². The number of aromatic nitrogens is 2. The predicted octanol–water partition coefficient (Wildman–Crippen LogP) is 2.61. The lowest BCUT2D eigenvalue weighted by Gasteiger charge is -2.25. The van der Waals surface area contributed by atoms with E-state index in [9.17, 15) is 23.2 Å². The zero-order valence-electron chi connectivity index (χ0n) is 17.1. The van der Waals surface area contributed by atoms with Crippen molar-refractivity contribution in [2.45, 2.75) is 13.8 Å². The molecule has 0 fully saturated rings. The highest BCUT2D eigenvalue weighted by molar-refractivity contribution is 6.07. The Morgan fingerprint density at radius 3 is 1.97 bits per heavy atom. The van der Waals surface area contributed by atoms with E-state index in [0.717, 1.165) is 12.1 Å². The summed E-state index contributed by atoms with van der Waals surface area (Å²) in [4.78, 5) is 39.0. The van der Waals surface area contributed by atoms with Crippen molar-refractivity contribution >= 4 is 28.3 Å². The van der Waals surface area contributed by atoms with Crippen LogP contribution in [0.2, 0.25) is 0 Å². The number of amides is 1. The van der Waals surface area contributed by atoms with Gasteiger partial charge in [0.25, 0.3) is 5.91 Å².